The van der Waals surface area contributed by atoms with Crippen LogP contribution < -0.4 is 5.73 Å². The number of pyridine rings is 1. The van der Waals surface area contributed by atoms with Gasteiger partial charge in [0.05, 0.1) is 6.61 Å². The summed E-state index contributed by atoms with van der Waals surface area (Å²) >= 11 is 13.4. The summed E-state index contributed by atoms with van der Waals surface area (Å²) in [6.45, 7) is 2.11. The molecule has 4 nitrogen and oxygen atoms in total. The van der Waals surface area contributed by atoms with Crippen LogP contribution in [-0.4, -0.2) is 29.4 Å². The van der Waals surface area contributed by atoms with E-state index in [2.05, 4.69) is 4.98 Å². The molecular weight excluding hydrogens is 307 g/mol. The fourth-order valence-electron chi connectivity index (χ4n) is 1.30. The SMILES string of the molecule is CCOC(=O)C(N)CCSCc1cnc(Cl)cc1Cl. The van der Waals surface area contributed by atoms with E-state index in [1.807, 2.05) is 0 Å². The van der Waals surface area contributed by atoms with E-state index in [1.165, 1.54) is 0 Å². The molecule has 0 amide bonds. The molecule has 0 aliphatic heterocycles. The molecule has 0 fully saturated rings. The smallest absolute Gasteiger partial charge is 0.322 e. The second kappa shape index (κ2) is 8.64. The molecule has 19 heavy (non-hydrogen) atoms. The molecule has 0 aromatic carbocycles. The minimum absolute atomic E-state index is 0.353. The molecular formula is C12H16Cl2N2O2S. The van der Waals surface area contributed by atoms with E-state index in [9.17, 15) is 4.79 Å². The Labute approximate surface area is 127 Å². The van der Waals surface area contributed by atoms with Crippen molar-refractivity contribution in [1.29, 1.82) is 0 Å². The van der Waals surface area contributed by atoms with Crippen LogP contribution in [0.1, 0.15) is 18.9 Å². The van der Waals surface area contributed by atoms with E-state index in [0.29, 0.717) is 29.0 Å². The Balaban J connectivity index is 2.29. The number of carbonyl (C=O) groups excluding carboxylic acids is 1. The van der Waals surface area contributed by atoms with Gasteiger partial charge in [-0.2, -0.15) is 11.8 Å². The zero-order valence-electron chi connectivity index (χ0n) is 10.6. The summed E-state index contributed by atoms with van der Waals surface area (Å²) in [7, 11) is 0. The van der Waals surface area contributed by atoms with Crippen molar-refractivity contribution in [3.05, 3.63) is 28.0 Å². The minimum atomic E-state index is -0.564. The van der Waals surface area contributed by atoms with Gasteiger partial charge in [0.1, 0.15) is 11.2 Å². The summed E-state index contributed by atoms with van der Waals surface area (Å²) in [6.07, 6.45) is 2.23. The predicted octanol–water partition coefficient (Wildman–Crippen LogP) is 2.90. The van der Waals surface area contributed by atoms with Gasteiger partial charge < -0.3 is 10.5 Å². The molecule has 1 unspecified atom stereocenters. The number of thioether (sulfide) groups is 1. The monoisotopic (exact) mass is 322 g/mol. The van der Waals surface area contributed by atoms with E-state index in [-0.39, 0.29) is 5.97 Å². The first-order valence-electron chi connectivity index (χ1n) is 5.84. The largest absolute Gasteiger partial charge is 0.465 e. The summed E-state index contributed by atoms with van der Waals surface area (Å²) in [4.78, 5) is 15.3. The number of nitrogens with zero attached hydrogens (tertiary/aromatic N) is 1. The fraction of sp³-hybridized carbons (Fsp3) is 0.500. The van der Waals surface area contributed by atoms with Gasteiger partial charge in [-0.3, -0.25) is 4.79 Å². The number of nitrogens with two attached hydrogens (primary N) is 1. The molecule has 1 aromatic heterocycles. The third-order valence-electron chi connectivity index (χ3n) is 2.32. The summed E-state index contributed by atoms with van der Waals surface area (Å²) < 4.78 is 4.83. The molecule has 1 rings (SSSR count). The Morgan fingerprint density at radius 2 is 2.32 bits per heavy atom. The highest BCUT2D eigenvalue weighted by atomic mass is 35.5. The van der Waals surface area contributed by atoms with Crippen molar-refractivity contribution >= 4 is 40.9 Å². The molecule has 0 aliphatic rings. The fourth-order valence-corrected chi connectivity index (χ4v) is 2.83. The predicted molar refractivity (Wildman–Crippen MR) is 79.6 cm³/mol. The third kappa shape index (κ3) is 5.99. The second-order valence-electron chi connectivity index (χ2n) is 3.80. The van der Waals surface area contributed by atoms with Crippen LogP contribution in [0.3, 0.4) is 0 Å². The van der Waals surface area contributed by atoms with E-state index in [4.69, 9.17) is 33.7 Å². The van der Waals surface area contributed by atoms with Crippen molar-refractivity contribution in [2.24, 2.45) is 5.73 Å². The highest BCUT2D eigenvalue weighted by Crippen LogP contribution is 2.23. The van der Waals surface area contributed by atoms with Crippen LogP contribution in [0.5, 0.6) is 0 Å². The summed E-state index contributed by atoms with van der Waals surface area (Å²) in [5.74, 6) is 1.10. The quantitative estimate of drug-likeness (QED) is 0.475. The highest BCUT2D eigenvalue weighted by molar-refractivity contribution is 7.98. The van der Waals surface area contributed by atoms with Crippen LogP contribution in [-0.2, 0) is 15.3 Å². The van der Waals surface area contributed by atoms with Crippen LogP contribution in [0, 0.1) is 0 Å². The van der Waals surface area contributed by atoms with Crippen LogP contribution in [0.25, 0.3) is 0 Å². The molecule has 0 bridgehead atoms. The molecule has 1 atom stereocenters. The number of hydrogen-bond donors (Lipinski definition) is 1. The van der Waals surface area contributed by atoms with Gasteiger partial charge in [0.2, 0.25) is 0 Å². The minimum Gasteiger partial charge on any atom is -0.465 e. The topological polar surface area (TPSA) is 65.2 Å². The van der Waals surface area contributed by atoms with Crippen molar-refractivity contribution in [3.63, 3.8) is 0 Å². The van der Waals surface area contributed by atoms with Gasteiger partial charge in [-0.05, 0) is 30.7 Å². The lowest BCUT2D eigenvalue weighted by molar-refractivity contribution is -0.144. The summed E-state index contributed by atoms with van der Waals surface area (Å²) in [5, 5.41) is 0.977. The zero-order chi connectivity index (χ0) is 14.3. The lowest BCUT2D eigenvalue weighted by Crippen LogP contribution is -2.32. The summed E-state index contributed by atoms with van der Waals surface area (Å²) in [5.41, 5.74) is 6.61. The first-order valence-corrected chi connectivity index (χ1v) is 7.75. The Bertz CT molecular complexity index is 432. The van der Waals surface area contributed by atoms with Gasteiger partial charge in [-0.15, -0.1) is 0 Å². The summed E-state index contributed by atoms with van der Waals surface area (Å²) in [6, 6.07) is 1.05. The van der Waals surface area contributed by atoms with Gasteiger partial charge >= 0.3 is 5.97 Å². The van der Waals surface area contributed by atoms with Crippen LogP contribution in [0.4, 0.5) is 0 Å². The molecule has 0 saturated carbocycles. The molecule has 0 spiro atoms. The maximum Gasteiger partial charge on any atom is 0.322 e. The van der Waals surface area contributed by atoms with Gasteiger partial charge in [-0.1, -0.05) is 23.2 Å². The van der Waals surface area contributed by atoms with E-state index in [0.717, 1.165) is 11.3 Å². The molecule has 1 aromatic rings. The Morgan fingerprint density at radius 3 is 2.95 bits per heavy atom. The number of rotatable bonds is 7. The molecule has 0 aliphatic carbocycles. The number of halogens is 2. The number of ether oxygens (including phenoxy) is 1. The second-order valence-corrected chi connectivity index (χ2v) is 5.70. The lowest BCUT2D eigenvalue weighted by Gasteiger charge is -2.10. The van der Waals surface area contributed by atoms with Crippen molar-refractivity contribution in [2.45, 2.75) is 25.1 Å². The van der Waals surface area contributed by atoms with Crippen molar-refractivity contribution in [1.82, 2.24) is 4.98 Å². The van der Waals surface area contributed by atoms with Crippen LogP contribution in [0.2, 0.25) is 10.2 Å². The number of carbonyl (C=O) groups is 1. The standard InChI is InChI=1S/C12H16Cl2N2O2S/c1-2-18-12(17)10(15)3-4-19-7-8-6-16-11(14)5-9(8)13/h5-6,10H,2-4,7,15H2,1H3. The van der Waals surface area contributed by atoms with E-state index >= 15 is 0 Å². The number of aromatic nitrogens is 1. The van der Waals surface area contributed by atoms with Gasteiger partial charge in [0, 0.05) is 17.0 Å². The third-order valence-corrected chi connectivity index (χ3v) is 3.91. The lowest BCUT2D eigenvalue weighted by atomic mass is 10.2. The maximum absolute atomic E-state index is 11.3. The van der Waals surface area contributed by atoms with E-state index in [1.54, 1.807) is 30.9 Å². The van der Waals surface area contributed by atoms with Gasteiger partial charge in [0.15, 0.2) is 0 Å². The van der Waals surface area contributed by atoms with Crippen LogP contribution in [0.15, 0.2) is 12.3 Å². The Hall–Kier alpha value is -0.490. The first kappa shape index (κ1) is 16.6. The normalized spacial score (nSPS) is 12.2. The number of hydrogen-bond acceptors (Lipinski definition) is 5. The number of esters is 1. The van der Waals surface area contributed by atoms with Crippen molar-refractivity contribution in [2.75, 3.05) is 12.4 Å². The average molecular weight is 323 g/mol. The van der Waals surface area contributed by atoms with Crippen molar-refractivity contribution < 1.29 is 9.53 Å². The molecule has 7 heteroatoms. The molecule has 106 valence electrons. The van der Waals surface area contributed by atoms with Gasteiger partial charge in [-0.25, -0.2) is 4.98 Å². The molecule has 1 heterocycles. The van der Waals surface area contributed by atoms with Crippen LogP contribution >= 0.6 is 35.0 Å². The molecule has 0 saturated heterocycles. The maximum atomic E-state index is 11.3. The Kier molecular flexibility index (Phi) is 7.53. The zero-order valence-corrected chi connectivity index (χ0v) is 12.9. The van der Waals surface area contributed by atoms with E-state index < -0.39 is 6.04 Å². The highest BCUT2D eigenvalue weighted by Gasteiger charge is 2.13. The molecule has 2 N–H and O–H groups in total. The average Bonchev–Trinajstić information content (AvgIpc) is 2.36. The Morgan fingerprint density at radius 1 is 1.58 bits per heavy atom. The van der Waals surface area contributed by atoms with Gasteiger partial charge in [0.25, 0.3) is 0 Å². The molecule has 0 radical (unpaired) electrons. The van der Waals surface area contributed by atoms with Crippen molar-refractivity contribution in [3.8, 4) is 0 Å². The first-order chi connectivity index (χ1) is 9.04.